The highest BCUT2D eigenvalue weighted by atomic mass is 32.1. The van der Waals surface area contributed by atoms with E-state index in [0.29, 0.717) is 17.7 Å². The largest absolute Gasteiger partial charge is 0.354 e. The van der Waals surface area contributed by atoms with Gasteiger partial charge in [0.25, 0.3) is 11.8 Å². The molecule has 6 heteroatoms. The fourth-order valence-corrected chi connectivity index (χ4v) is 4.34. The van der Waals surface area contributed by atoms with Gasteiger partial charge in [-0.15, -0.1) is 11.3 Å². The van der Waals surface area contributed by atoms with Gasteiger partial charge in [-0.1, -0.05) is 6.07 Å². The molecule has 1 aromatic carbocycles. The molecule has 1 saturated heterocycles. The molecule has 1 aromatic heterocycles. The zero-order valence-corrected chi connectivity index (χ0v) is 15.0. The Labute approximate surface area is 151 Å². The number of rotatable bonds is 3. The van der Waals surface area contributed by atoms with Crippen molar-refractivity contribution in [3.63, 3.8) is 0 Å². The first kappa shape index (κ1) is 16.1. The predicted octanol–water partition coefficient (Wildman–Crippen LogP) is 3.08. The van der Waals surface area contributed by atoms with Crippen LogP contribution in [0.3, 0.4) is 0 Å². The van der Waals surface area contributed by atoms with Gasteiger partial charge in [0.1, 0.15) is 6.17 Å². The lowest BCUT2D eigenvalue weighted by Crippen LogP contribution is -2.55. The molecule has 1 N–H and O–H groups in total. The summed E-state index contributed by atoms with van der Waals surface area (Å²) in [6, 6.07) is 9.37. The number of amides is 2. The third-order valence-electron chi connectivity index (χ3n) is 5.05. The number of nitrogens with zero attached hydrogens (tertiary/aromatic N) is 2. The molecule has 0 unspecified atom stereocenters. The van der Waals surface area contributed by atoms with Crippen LogP contribution in [0.4, 0.5) is 5.69 Å². The summed E-state index contributed by atoms with van der Waals surface area (Å²) in [5.74, 6) is -0.0218. The van der Waals surface area contributed by atoms with Crippen molar-refractivity contribution >= 4 is 28.8 Å². The van der Waals surface area contributed by atoms with E-state index < -0.39 is 0 Å². The van der Waals surface area contributed by atoms with Gasteiger partial charge in [-0.2, -0.15) is 0 Å². The zero-order chi connectivity index (χ0) is 17.4. The standard InChI is InChI=1S/C19H21N3O2S/c1-21-16-11-13(18(23)20-12-14-5-4-10-25-14)7-8-15(16)19(24)22-9-3-2-6-17(21)22/h4-5,7-8,10-11,17H,2-3,6,9,12H2,1H3,(H,20,23)/t17-/m0/s1. The van der Waals surface area contributed by atoms with Gasteiger partial charge >= 0.3 is 0 Å². The van der Waals surface area contributed by atoms with Crippen LogP contribution in [0.25, 0.3) is 0 Å². The fraction of sp³-hybridized carbons (Fsp3) is 0.368. The summed E-state index contributed by atoms with van der Waals surface area (Å²) in [7, 11) is 2.02. The van der Waals surface area contributed by atoms with Crippen LogP contribution in [0, 0.1) is 0 Å². The van der Waals surface area contributed by atoms with Gasteiger partial charge in [0.05, 0.1) is 17.8 Å². The molecule has 1 fully saturated rings. The third-order valence-corrected chi connectivity index (χ3v) is 5.93. The molecule has 0 bridgehead atoms. The number of piperidine rings is 1. The maximum atomic E-state index is 12.8. The Morgan fingerprint density at radius 2 is 2.20 bits per heavy atom. The van der Waals surface area contributed by atoms with Crippen molar-refractivity contribution in [3.8, 4) is 0 Å². The van der Waals surface area contributed by atoms with Crippen LogP contribution in [0.1, 0.15) is 44.9 Å². The first-order chi connectivity index (χ1) is 12.1. The highest BCUT2D eigenvalue weighted by Crippen LogP contribution is 2.34. The van der Waals surface area contributed by atoms with Crippen molar-refractivity contribution in [3.05, 3.63) is 51.7 Å². The number of benzene rings is 1. The van der Waals surface area contributed by atoms with E-state index >= 15 is 0 Å². The second-order valence-electron chi connectivity index (χ2n) is 6.58. The summed E-state index contributed by atoms with van der Waals surface area (Å²) in [4.78, 5) is 30.5. The van der Waals surface area contributed by atoms with E-state index in [2.05, 4.69) is 10.2 Å². The maximum Gasteiger partial charge on any atom is 0.257 e. The molecule has 4 rings (SSSR count). The lowest BCUT2D eigenvalue weighted by Gasteiger charge is -2.46. The van der Waals surface area contributed by atoms with Gasteiger partial charge in [-0.25, -0.2) is 0 Å². The van der Waals surface area contributed by atoms with Crippen LogP contribution in [0.5, 0.6) is 0 Å². The summed E-state index contributed by atoms with van der Waals surface area (Å²) in [6.07, 6.45) is 3.29. The molecular formula is C19H21N3O2S. The van der Waals surface area contributed by atoms with Gasteiger partial charge in [-0.05, 0) is 48.9 Å². The first-order valence-corrected chi connectivity index (χ1v) is 9.51. The molecule has 2 amide bonds. The molecule has 2 aliphatic heterocycles. The van der Waals surface area contributed by atoms with Crippen molar-refractivity contribution in [2.75, 3.05) is 18.5 Å². The van der Waals surface area contributed by atoms with E-state index in [1.165, 1.54) is 0 Å². The highest BCUT2D eigenvalue weighted by Gasteiger charge is 2.37. The van der Waals surface area contributed by atoms with Gasteiger partial charge in [-0.3, -0.25) is 9.59 Å². The first-order valence-electron chi connectivity index (χ1n) is 8.63. The number of carbonyl (C=O) groups is 2. The fourth-order valence-electron chi connectivity index (χ4n) is 3.70. The molecule has 25 heavy (non-hydrogen) atoms. The highest BCUT2D eigenvalue weighted by molar-refractivity contribution is 7.09. The van der Waals surface area contributed by atoms with Crippen molar-refractivity contribution in [1.29, 1.82) is 0 Å². The van der Waals surface area contributed by atoms with E-state index in [1.807, 2.05) is 35.5 Å². The van der Waals surface area contributed by atoms with Gasteiger partial charge < -0.3 is 15.1 Å². The van der Waals surface area contributed by atoms with E-state index in [1.54, 1.807) is 23.5 Å². The average molecular weight is 355 g/mol. The minimum absolute atomic E-state index is 0.0864. The lowest BCUT2D eigenvalue weighted by molar-refractivity contribution is 0.0589. The van der Waals surface area contributed by atoms with Crippen molar-refractivity contribution < 1.29 is 9.59 Å². The minimum Gasteiger partial charge on any atom is -0.354 e. The average Bonchev–Trinajstić information content (AvgIpc) is 3.17. The van der Waals surface area contributed by atoms with Crippen LogP contribution >= 0.6 is 11.3 Å². The van der Waals surface area contributed by atoms with Gasteiger partial charge in [0, 0.05) is 24.0 Å². The van der Waals surface area contributed by atoms with Crippen LogP contribution in [-0.4, -0.2) is 36.5 Å². The number of hydrogen-bond donors (Lipinski definition) is 1. The zero-order valence-electron chi connectivity index (χ0n) is 14.2. The Morgan fingerprint density at radius 1 is 1.32 bits per heavy atom. The van der Waals surface area contributed by atoms with Crippen LogP contribution in [0.2, 0.25) is 0 Å². The molecule has 0 saturated carbocycles. The van der Waals surface area contributed by atoms with Crippen molar-refractivity contribution in [2.24, 2.45) is 0 Å². The Bertz CT molecular complexity index is 803. The number of carbonyl (C=O) groups excluding carboxylic acids is 2. The summed E-state index contributed by atoms with van der Waals surface area (Å²) in [5.41, 5.74) is 2.14. The summed E-state index contributed by atoms with van der Waals surface area (Å²) in [5, 5.41) is 4.95. The van der Waals surface area contributed by atoms with E-state index in [9.17, 15) is 9.59 Å². The minimum atomic E-state index is -0.108. The Morgan fingerprint density at radius 3 is 3.00 bits per heavy atom. The quantitative estimate of drug-likeness (QED) is 0.921. The molecular weight excluding hydrogens is 334 g/mol. The normalized spacial score (nSPS) is 19.4. The molecule has 130 valence electrons. The maximum absolute atomic E-state index is 12.8. The van der Waals surface area contributed by atoms with Crippen LogP contribution in [0.15, 0.2) is 35.7 Å². The molecule has 2 aliphatic rings. The molecule has 5 nitrogen and oxygen atoms in total. The molecule has 0 aliphatic carbocycles. The van der Waals surface area contributed by atoms with Crippen LogP contribution in [-0.2, 0) is 6.54 Å². The van der Waals surface area contributed by atoms with Crippen LogP contribution < -0.4 is 10.2 Å². The Hall–Kier alpha value is -2.34. The SMILES string of the molecule is CN1c2cc(C(=O)NCc3cccs3)ccc2C(=O)N2CCCC[C@H]21. The van der Waals surface area contributed by atoms with Crippen molar-refractivity contribution in [2.45, 2.75) is 32.0 Å². The molecule has 2 aromatic rings. The van der Waals surface area contributed by atoms with Crippen molar-refractivity contribution in [1.82, 2.24) is 10.2 Å². The topological polar surface area (TPSA) is 52.7 Å². The Kier molecular flexibility index (Phi) is 4.21. The van der Waals surface area contributed by atoms with E-state index in [-0.39, 0.29) is 18.0 Å². The number of hydrogen-bond acceptors (Lipinski definition) is 4. The van der Waals surface area contributed by atoms with Gasteiger partial charge in [0.2, 0.25) is 0 Å². The molecule has 1 atom stereocenters. The van der Waals surface area contributed by atoms with Gasteiger partial charge in [0.15, 0.2) is 0 Å². The number of anilines is 1. The second kappa shape index (κ2) is 6.52. The summed E-state index contributed by atoms with van der Waals surface area (Å²) < 4.78 is 0. The monoisotopic (exact) mass is 355 g/mol. The summed E-state index contributed by atoms with van der Waals surface area (Å²) in [6.45, 7) is 1.34. The molecule has 0 radical (unpaired) electrons. The lowest BCUT2D eigenvalue weighted by atomic mass is 9.97. The van der Waals surface area contributed by atoms with E-state index in [0.717, 1.165) is 36.4 Å². The summed E-state index contributed by atoms with van der Waals surface area (Å²) >= 11 is 1.62. The van der Waals surface area contributed by atoms with E-state index in [4.69, 9.17) is 0 Å². The number of nitrogens with one attached hydrogen (secondary N) is 1. The number of thiophene rings is 1. The predicted molar refractivity (Wildman–Crippen MR) is 99.0 cm³/mol. The molecule has 0 spiro atoms. The second-order valence-corrected chi connectivity index (χ2v) is 7.61. The Balaban J connectivity index is 1.58. The third kappa shape index (κ3) is 2.91. The molecule has 3 heterocycles. The smallest absolute Gasteiger partial charge is 0.257 e. The number of fused-ring (bicyclic) bond motifs is 2.